The van der Waals surface area contributed by atoms with Gasteiger partial charge in [-0.3, -0.25) is 4.68 Å². The fourth-order valence-corrected chi connectivity index (χ4v) is 1.49. The van der Waals surface area contributed by atoms with Crippen LogP contribution < -0.4 is 5.32 Å². The van der Waals surface area contributed by atoms with Crippen molar-refractivity contribution in [1.29, 1.82) is 0 Å². The van der Waals surface area contributed by atoms with Gasteiger partial charge < -0.3 is 9.73 Å². The zero-order chi connectivity index (χ0) is 12.5. The van der Waals surface area contributed by atoms with Crippen molar-refractivity contribution in [3.05, 3.63) is 24.4 Å². The van der Waals surface area contributed by atoms with Crippen molar-refractivity contribution in [2.45, 2.75) is 32.9 Å². The second-order valence-corrected chi connectivity index (χ2v) is 5.11. The van der Waals surface area contributed by atoms with E-state index in [2.05, 4.69) is 36.2 Å². The van der Waals surface area contributed by atoms with Crippen LogP contribution in [0.25, 0.3) is 11.5 Å². The minimum absolute atomic E-state index is 0.0559. The van der Waals surface area contributed by atoms with Crippen LogP contribution in [0.4, 0.5) is 0 Å². The van der Waals surface area contributed by atoms with Crippen LogP contribution >= 0.6 is 0 Å². The third-order valence-corrected chi connectivity index (χ3v) is 2.37. The van der Waals surface area contributed by atoms with Crippen molar-refractivity contribution in [2.24, 2.45) is 7.05 Å². The summed E-state index contributed by atoms with van der Waals surface area (Å²) in [6.45, 7) is 7.03. The lowest BCUT2D eigenvalue weighted by atomic mass is 10.1. The van der Waals surface area contributed by atoms with E-state index in [0.29, 0.717) is 6.54 Å². The molecule has 0 saturated carbocycles. The van der Waals surface area contributed by atoms with Gasteiger partial charge in [0.1, 0.15) is 11.4 Å². The number of hydrogen-bond acceptors (Lipinski definition) is 4. The summed E-state index contributed by atoms with van der Waals surface area (Å²) in [5.41, 5.74) is 1.76. The molecule has 0 amide bonds. The molecule has 17 heavy (non-hydrogen) atoms. The summed E-state index contributed by atoms with van der Waals surface area (Å²) in [5, 5.41) is 7.70. The van der Waals surface area contributed by atoms with E-state index in [1.807, 2.05) is 19.3 Å². The molecule has 0 saturated heterocycles. The van der Waals surface area contributed by atoms with E-state index in [4.69, 9.17) is 4.42 Å². The highest BCUT2D eigenvalue weighted by atomic mass is 16.3. The summed E-state index contributed by atoms with van der Waals surface area (Å²) >= 11 is 0. The highest BCUT2D eigenvalue weighted by molar-refractivity contribution is 5.53. The summed E-state index contributed by atoms with van der Waals surface area (Å²) in [6, 6.07) is 1.92. The summed E-state index contributed by atoms with van der Waals surface area (Å²) in [7, 11) is 1.88. The lowest BCUT2D eigenvalue weighted by Crippen LogP contribution is -2.35. The Kier molecular flexibility index (Phi) is 3.02. The Labute approximate surface area is 101 Å². The van der Waals surface area contributed by atoms with Crippen molar-refractivity contribution >= 4 is 0 Å². The molecule has 2 aromatic heterocycles. The molecule has 0 aliphatic rings. The van der Waals surface area contributed by atoms with Gasteiger partial charge in [0.25, 0.3) is 0 Å². The van der Waals surface area contributed by atoms with Crippen LogP contribution in [-0.4, -0.2) is 20.3 Å². The molecule has 0 aliphatic carbocycles. The van der Waals surface area contributed by atoms with Crippen molar-refractivity contribution in [3.8, 4) is 11.5 Å². The topological polar surface area (TPSA) is 55.9 Å². The maximum absolute atomic E-state index is 5.40. The second kappa shape index (κ2) is 4.33. The average molecular weight is 234 g/mol. The number of nitrogens with one attached hydrogen (secondary N) is 1. The first kappa shape index (κ1) is 11.9. The van der Waals surface area contributed by atoms with Crippen LogP contribution in [0.3, 0.4) is 0 Å². The Balaban J connectivity index is 2.17. The monoisotopic (exact) mass is 234 g/mol. The van der Waals surface area contributed by atoms with Crippen LogP contribution in [0.1, 0.15) is 26.5 Å². The summed E-state index contributed by atoms with van der Waals surface area (Å²) in [6.07, 6.45) is 3.35. The summed E-state index contributed by atoms with van der Waals surface area (Å²) < 4.78 is 7.15. The van der Waals surface area contributed by atoms with Gasteiger partial charge in [-0.25, -0.2) is 4.98 Å². The van der Waals surface area contributed by atoms with E-state index < -0.39 is 0 Å². The van der Waals surface area contributed by atoms with Gasteiger partial charge in [-0.15, -0.1) is 0 Å². The zero-order valence-electron chi connectivity index (χ0n) is 10.7. The van der Waals surface area contributed by atoms with E-state index in [1.165, 1.54) is 6.39 Å². The molecule has 0 fully saturated rings. The Morgan fingerprint density at radius 2 is 2.18 bits per heavy atom. The molecule has 0 aromatic carbocycles. The third kappa shape index (κ3) is 2.94. The molecule has 0 spiro atoms. The highest BCUT2D eigenvalue weighted by Crippen LogP contribution is 2.21. The Bertz CT molecular complexity index is 493. The number of hydrogen-bond donors (Lipinski definition) is 1. The van der Waals surface area contributed by atoms with Gasteiger partial charge in [-0.1, -0.05) is 0 Å². The van der Waals surface area contributed by atoms with E-state index in [1.54, 1.807) is 4.68 Å². The Morgan fingerprint density at radius 1 is 1.41 bits per heavy atom. The molecular weight excluding hydrogens is 216 g/mol. The lowest BCUT2D eigenvalue weighted by molar-refractivity contribution is 0.421. The van der Waals surface area contributed by atoms with E-state index in [9.17, 15) is 0 Å². The molecule has 0 bridgehead atoms. The van der Waals surface area contributed by atoms with Gasteiger partial charge in [-0.2, -0.15) is 5.10 Å². The van der Waals surface area contributed by atoms with Gasteiger partial charge in [0, 0.05) is 25.3 Å². The largest absolute Gasteiger partial charge is 0.441 e. The lowest BCUT2D eigenvalue weighted by Gasteiger charge is -2.19. The van der Waals surface area contributed by atoms with E-state index in [-0.39, 0.29) is 5.54 Å². The minimum atomic E-state index is 0.0559. The normalized spacial score (nSPS) is 12.0. The predicted molar refractivity (Wildman–Crippen MR) is 65.3 cm³/mol. The SMILES string of the molecule is Cn1ccc(-c2ocnc2CNC(C)(C)C)n1. The molecule has 1 N–H and O–H groups in total. The Hall–Kier alpha value is -1.62. The van der Waals surface area contributed by atoms with E-state index >= 15 is 0 Å². The number of oxazole rings is 1. The molecule has 92 valence electrons. The first-order valence-electron chi connectivity index (χ1n) is 5.63. The zero-order valence-corrected chi connectivity index (χ0v) is 10.7. The number of aryl methyl sites for hydroxylation is 1. The molecule has 2 aromatic rings. The quantitative estimate of drug-likeness (QED) is 0.882. The van der Waals surface area contributed by atoms with Gasteiger partial charge in [-0.05, 0) is 26.8 Å². The number of rotatable bonds is 3. The maximum atomic E-state index is 5.40. The summed E-state index contributed by atoms with van der Waals surface area (Å²) in [4.78, 5) is 4.23. The first-order chi connectivity index (χ1) is 7.96. The molecule has 0 unspecified atom stereocenters. The van der Waals surface area contributed by atoms with Crippen molar-refractivity contribution in [2.75, 3.05) is 0 Å². The van der Waals surface area contributed by atoms with Crippen molar-refractivity contribution in [3.63, 3.8) is 0 Å². The number of aromatic nitrogens is 3. The smallest absolute Gasteiger partial charge is 0.181 e. The summed E-state index contributed by atoms with van der Waals surface area (Å²) in [5.74, 6) is 0.738. The fraction of sp³-hybridized carbons (Fsp3) is 0.500. The fourth-order valence-electron chi connectivity index (χ4n) is 1.49. The maximum Gasteiger partial charge on any atom is 0.181 e. The molecule has 0 radical (unpaired) electrons. The van der Waals surface area contributed by atoms with Gasteiger partial charge in [0.2, 0.25) is 0 Å². The highest BCUT2D eigenvalue weighted by Gasteiger charge is 2.16. The predicted octanol–water partition coefficient (Wildman–Crippen LogP) is 1.96. The molecule has 5 heteroatoms. The van der Waals surface area contributed by atoms with Crippen LogP contribution in [0.5, 0.6) is 0 Å². The molecule has 2 heterocycles. The minimum Gasteiger partial charge on any atom is -0.441 e. The van der Waals surface area contributed by atoms with Crippen LogP contribution in [-0.2, 0) is 13.6 Å². The average Bonchev–Trinajstić information content (AvgIpc) is 2.81. The molecule has 0 atom stereocenters. The number of nitrogens with zero attached hydrogens (tertiary/aromatic N) is 3. The van der Waals surface area contributed by atoms with Crippen molar-refractivity contribution < 1.29 is 4.42 Å². The standard InChI is InChI=1S/C12H18N4O/c1-12(2,3)14-7-10-11(17-8-13-10)9-5-6-16(4)15-9/h5-6,8,14H,7H2,1-4H3. The third-order valence-electron chi connectivity index (χ3n) is 2.37. The first-order valence-corrected chi connectivity index (χ1v) is 5.63. The molecule has 0 aliphatic heterocycles. The van der Waals surface area contributed by atoms with Crippen LogP contribution in [0, 0.1) is 0 Å². The molecule has 2 rings (SSSR count). The molecule has 5 nitrogen and oxygen atoms in total. The van der Waals surface area contributed by atoms with Gasteiger partial charge in [0.05, 0.1) is 0 Å². The Morgan fingerprint density at radius 3 is 2.76 bits per heavy atom. The van der Waals surface area contributed by atoms with Gasteiger partial charge >= 0.3 is 0 Å². The van der Waals surface area contributed by atoms with Crippen molar-refractivity contribution in [1.82, 2.24) is 20.1 Å². The van der Waals surface area contributed by atoms with E-state index in [0.717, 1.165) is 17.1 Å². The van der Waals surface area contributed by atoms with Gasteiger partial charge in [0.15, 0.2) is 12.2 Å². The molecular formula is C12H18N4O. The second-order valence-electron chi connectivity index (χ2n) is 5.11. The van der Waals surface area contributed by atoms with Crippen LogP contribution in [0.2, 0.25) is 0 Å². The van der Waals surface area contributed by atoms with Crippen LogP contribution in [0.15, 0.2) is 23.1 Å².